The molecule has 1 saturated heterocycles. The quantitative estimate of drug-likeness (QED) is 0.767. The van der Waals surface area contributed by atoms with Crippen LogP contribution in [0.15, 0.2) is 0 Å². The molecule has 4 heteroatoms. The third-order valence-corrected chi connectivity index (χ3v) is 2.67. The highest BCUT2D eigenvalue weighted by Crippen LogP contribution is 2.15. The Morgan fingerprint density at radius 2 is 2.06 bits per heavy atom. The highest BCUT2D eigenvalue weighted by atomic mass is 16.5. The number of likely N-dealkylation sites (tertiary alicyclic amines) is 1. The van der Waals surface area contributed by atoms with Crippen LogP contribution in [0.4, 0.5) is 0 Å². The molecule has 1 fully saturated rings. The molecule has 0 saturated carbocycles. The van der Waals surface area contributed by atoms with Gasteiger partial charge in [-0.2, -0.15) is 0 Å². The van der Waals surface area contributed by atoms with Gasteiger partial charge < -0.3 is 15.4 Å². The summed E-state index contributed by atoms with van der Waals surface area (Å²) in [5.74, 6) is 0.541. The number of carbonyl (C=O) groups excluding carboxylic acids is 1. The van der Waals surface area contributed by atoms with Gasteiger partial charge in [-0.05, 0) is 33.1 Å². The Morgan fingerprint density at radius 1 is 1.44 bits per heavy atom. The molecule has 2 atom stereocenters. The summed E-state index contributed by atoms with van der Waals surface area (Å²) in [6.07, 6.45) is 1.00. The molecule has 0 aromatic heterocycles. The number of amides is 1. The number of ether oxygens (including phenoxy) is 1. The van der Waals surface area contributed by atoms with Gasteiger partial charge in [0.2, 0.25) is 5.91 Å². The average Bonchev–Trinajstić information content (AvgIpc) is 2.11. The molecule has 0 radical (unpaired) electrons. The lowest BCUT2D eigenvalue weighted by molar-refractivity contribution is -0.143. The fourth-order valence-electron chi connectivity index (χ4n) is 1.97. The number of hydrogen-bond donors (Lipinski definition) is 1. The Morgan fingerprint density at radius 3 is 2.56 bits per heavy atom. The van der Waals surface area contributed by atoms with Gasteiger partial charge in [0, 0.05) is 19.1 Å². The van der Waals surface area contributed by atoms with Crippen LogP contribution in [0.1, 0.15) is 34.1 Å². The Bertz CT molecular complexity index is 238. The molecule has 0 bridgehead atoms. The second-order valence-electron chi connectivity index (χ2n) is 5.80. The summed E-state index contributed by atoms with van der Waals surface area (Å²) in [6.45, 7) is 9.60. The second-order valence-corrected chi connectivity index (χ2v) is 5.80. The van der Waals surface area contributed by atoms with E-state index in [2.05, 4.69) is 6.92 Å². The van der Waals surface area contributed by atoms with Gasteiger partial charge >= 0.3 is 0 Å². The fraction of sp³-hybridized carbons (Fsp3) is 0.917. The number of rotatable bonds is 2. The van der Waals surface area contributed by atoms with Crippen LogP contribution in [0, 0.1) is 5.92 Å². The summed E-state index contributed by atoms with van der Waals surface area (Å²) in [4.78, 5) is 13.7. The smallest absolute Gasteiger partial charge is 0.248 e. The van der Waals surface area contributed by atoms with E-state index in [1.54, 1.807) is 0 Å². The molecule has 2 N–H and O–H groups in total. The molecule has 0 aliphatic carbocycles. The predicted octanol–water partition coefficient (Wildman–Crippen LogP) is 0.997. The minimum atomic E-state index is -0.265. The number of nitrogens with zero attached hydrogens (tertiary/aromatic N) is 1. The number of piperidine rings is 1. The Hall–Kier alpha value is -0.610. The topological polar surface area (TPSA) is 55.6 Å². The zero-order valence-electron chi connectivity index (χ0n) is 10.8. The number of carbonyl (C=O) groups is 1. The highest BCUT2D eigenvalue weighted by molar-refractivity contribution is 5.77. The van der Waals surface area contributed by atoms with Crippen LogP contribution in [0.2, 0.25) is 0 Å². The van der Waals surface area contributed by atoms with Crippen molar-refractivity contribution in [3.63, 3.8) is 0 Å². The van der Waals surface area contributed by atoms with E-state index in [0.717, 1.165) is 13.0 Å². The third-order valence-electron chi connectivity index (χ3n) is 2.67. The van der Waals surface area contributed by atoms with E-state index in [-0.39, 0.29) is 24.2 Å². The molecular formula is C12H24N2O2. The number of nitrogens with two attached hydrogens (primary N) is 1. The van der Waals surface area contributed by atoms with Crippen molar-refractivity contribution < 1.29 is 9.53 Å². The molecular weight excluding hydrogens is 204 g/mol. The van der Waals surface area contributed by atoms with Crippen molar-refractivity contribution in [1.82, 2.24) is 4.90 Å². The molecule has 1 heterocycles. The minimum Gasteiger partial charge on any atom is -0.366 e. The van der Waals surface area contributed by atoms with E-state index in [4.69, 9.17) is 10.5 Å². The zero-order chi connectivity index (χ0) is 12.3. The van der Waals surface area contributed by atoms with Crippen molar-refractivity contribution in [1.29, 1.82) is 0 Å². The molecule has 94 valence electrons. The Balaban J connectivity index is 2.41. The largest absolute Gasteiger partial charge is 0.366 e. The molecule has 16 heavy (non-hydrogen) atoms. The summed E-state index contributed by atoms with van der Waals surface area (Å²) < 4.78 is 5.48. The monoisotopic (exact) mass is 228 g/mol. The molecule has 2 unspecified atom stereocenters. The molecule has 0 aromatic carbocycles. The van der Waals surface area contributed by atoms with Crippen LogP contribution >= 0.6 is 0 Å². The van der Waals surface area contributed by atoms with Gasteiger partial charge in [-0.15, -0.1) is 0 Å². The maximum atomic E-state index is 11.9. The first kappa shape index (κ1) is 13.5. The molecule has 1 rings (SSSR count). The lowest BCUT2D eigenvalue weighted by atomic mass is 9.96. The molecule has 1 aliphatic heterocycles. The van der Waals surface area contributed by atoms with E-state index in [1.165, 1.54) is 0 Å². The molecule has 0 spiro atoms. The van der Waals surface area contributed by atoms with Gasteiger partial charge in [0.25, 0.3) is 0 Å². The third kappa shape index (κ3) is 4.49. The second kappa shape index (κ2) is 5.15. The van der Waals surface area contributed by atoms with Gasteiger partial charge in [0.05, 0.1) is 5.60 Å². The molecule has 0 aromatic rings. The maximum Gasteiger partial charge on any atom is 0.248 e. The summed E-state index contributed by atoms with van der Waals surface area (Å²) in [7, 11) is 0. The minimum absolute atomic E-state index is 0.0527. The lowest BCUT2D eigenvalue weighted by Gasteiger charge is -2.35. The van der Waals surface area contributed by atoms with Crippen LogP contribution in [0.25, 0.3) is 0 Å². The van der Waals surface area contributed by atoms with E-state index in [9.17, 15) is 4.79 Å². The molecule has 1 aliphatic rings. The summed E-state index contributed by atoms with van der Waals surface area (Å²) in [5, 5.41) is 0. The van der Waals surface area contributed by atoms with Crippen molar-refractivity contribution in [2.45, 2.75) is 45.8 Å². The Labute approximate surface area is 98.1 Å². The zero-order valence-corrected chi connectivity index (χ0v) is 10.8. The first-order valence-corrected chi connectivity index (χ1v) is 5.95. The van der Waals surface area contributed by atoms with Crippen LogP contribution in [-0.4, -0.2) is 42.1 Å². The first-order chi connectivity index (χ1) is 7.28. The van der Waals surface area contributed by atoms with E-state index in [0.29, 0.717) is 12.5 Å². The van der Waals surface area contributed by atoms with Gasteiger partial charge in [0.15, 0.2) is 0 Å². The van der Waals surface area contributed by atoms with E-state index >= 15 is 0 Å². The van der Waals surface area contributed by atoms with Crippen molar-refractivity contribution >= 4 is 5.91 Å². The van der Waals surface area contributed by atoms with Crippen molar-refractivity contribution in [2.75, 3.05) is 19.7 Å². The first-order valence-electron chi connectivity index (χ1n) is 5.95. The van der Waals surface area contributed by atoms with Gasteiger partial charge in [-0.3, -0.25) is 4.79 Å². The average molecular weight is 228 g/mol. The van der Waals surface area contributed by atoms with Crippen molar-refractivity contribution in [3.8, 4) is 0 Å². The summed E-state index contributed by atoms with van der Waals surface area (Å²) in [6, 6.07) is 0.113. The highest BCUT2D eigenvalue weighted by Gasteiger charge is 2.26. The van der Waals surface area contributed by atoms with Crippen LogP contribution in [0.3, 0.4) is 0 Å². The summed E-state index contributed by atoms with van der Waals surface area (Å²) in [5.41, 5.74) is 5.64. The van der Waals surface area contributed by atoms with Gasteiger partial charge in [0.1, 0.15) is 6.61 Å². The fourth-order valence-corrected chi connectivity index (χ4v) is 1.97. The lowest BCUT2D eigenvalue weighted by Crippen LogP contribution is -2.50. The normalized spacial score (nSPS) is 26.9. The number of hydrogen-bond acceptors (Lipinski definition) is 3. The van der Waals surface area contributed by atoms with Gasteiger partial charge in [-0.25, -0.2) is 0 Å². The van der Waals surface area contributed by atoms with E-state index in [1.807, 2.05) is 25.7 Å². The van der Waals surface area contributed by atoms with Gasteiger partial charge in [-0.1, -0.05) is 6.92 Å². The molecule has 4 nitrogen and oxygen atoms in total. The standard InChI is InChI=1S/C12H24N2O2/c1-9-5-10(13)7-14(6-9)11(15)8-16-12(2,3)4/h9-10H,5-8,13H2,1-4H3. The van der Waals surface area contributed by atoms with Crippen LogP contribution in [0.5, 0.6) is 0 Å². The van der Waals surface area contributed by atoms with Crippen LogP contribution < -0.4 is 5.73 Å². The molecule has 1 amide bonds. The SMILES string of the molecule is CC1CC(N)CN(C(=O)COC(C)(C)C)C1. The Kier molecular flexibility index (Phi) is 4.33. The van der Waals surface area contributed by atoms with Crippen molar-refractivity contribution in [3.05, 3.63) is 0 Å². The van der Waals surface area contributed by atoms with E-state index < -0.39 is 0 Å². The van der Waals surface area contributed by atoms with Crippen molar-refractivity contribution in [2.24, 2.45) is 11.7 Å². The summed E-state index contributed by atoms with van der Waals surface area (Å²) >= 11 is 0. The predicted molar refractivity (Wildman–Crippen MR) is 64.0 cm³/mol. The van der Waals surface area contributed by atoms with Crippen LogP contribution in [-0.2, 0) is 9.53 Å². The maximum absolute atomic E-state index is 11.9.